The summed E-state index contributed by atoms with van der Waals surface area (Å²) in [6.07, 6.45) is 13.7. The molecule has 0 amide bonds. The zero-order valence-corrected chi connectivity index (χ0v) is 23.8. The highest BCUT2D eigenvalue weighted by molar-refractivity contribution is 6.73. The first-order valence-electron chi connectivity index (χ1n) is 12.4. The number of hydrogen-bond acceptors (Lipinski definition) is 3. The van der Waals surface area contributed by atoms with E-state index in [-0.39, 0.29) is 22.9 Å². The Morgan fingerprint density at radius 2 is 1.67 bits per heavy atom. The molecule has 0 fully saturated rings. The van der Waals surface area contributed by atoms with E-state index >= 15 is 0 Å². The van der Waals surface area contributed by atoms with Crippen molar-refractivity contribution in [2.24, 2.45) is 5.41 Å². The van der Waals surface area contributed by atoms with E-state index in [1.165, 1.54) is 11.1 Å². The molecule has 3 nitrogen and oxygen atoms in total. The van der Waals surface area contributed by atoms with Gasteiger partial charge in [0.25, 0.3) is 0 Å². The van der Waals surface area contributed by atoms with Crippen LogP contribution in [0.5, 0.6) is 0 Å². The van der Waals surface area contributed by atoms with Gasteiger partial charge in [0.1, 0.15) is 6.07 Å². The number of carbonyl (C=O) groups is 1. The van der Waals surface area contributed by atoms with Gasteiger partial charge in [0.2, 0.25) is 0 Å². The number of hydrogen-bond donors (Lipinski definition) is 0. The second-order valence-corrected chi connectivity index (χ2v) is 14.6. The maximum absolute atomic E-state index is 12.8. The molecule has 0 aromatic rings. The van der Waals surface area contributed by atoms with Crippen LogP contribution in [-0.2, 0) is 9.22 Å². The average molecular weight is 470 g/mol. The Balaban J connectivity index is 5.09. The molecule has 0 unspecified atom stereocenters. The van der Waals surface area contributed by atoms with Gasteiger partial charge in [0, 0.05) is 0 Å². The fourth-order valence-corrected chi connectivity index (χ4v) is 6.68. The van der Waals surface area contributed by atoms with Crippen molar-refractivity contribution in [3.05, 3.63) is 58.7 Å². The fourth-order valence-electron chi connectivity index (χ4n) is 3.82. The Morgan fingerprint density at radius 1 is 1.09 bits per heavy atom. The van der Waals surface area contributed by atoms with Crippen LogP contribution in [0.3, 0.4) is 0 Å². The van der Waals surface area contributed by atoms with Crippen LogP contribution < -0.4 is 0 Å². The number of rotatable bonds is 13. The summed E-state index contributed by atoms with van der Waals surface area (Å²) in [5.41, 5.74) is 3.45. The third-order valence-corrected chi connectivity index (χ3v) is 11.0. The lowest BCUT2D eigenvalue weighted by Crippen LogP contribution is -2.38. The third kappa shape index (κ3) is 11.1. The molecular formula is C29H47NO2Si. The van der Waals surface area contributed by atoms with Crippen LogP contribution in [0.1, 0.15) is 82.1 Å². The van der Waals surface area contributed by atoms with Gasteiger partial charge in [-0.05, 0) is 81.3 Å². The minimum absolute atomic E-state index is 0.131. The van der Waals surface area contributed by atoms with Crippen LogP contribution in [0, 0.1) is 16.7 Å². The van der Waals surface area contributed by atoms with Gasteiger partial charge >= 0.3 is 0 Å². The van der Waals surface area contributed by atoms with Crippen LogP contribution in [0.25, 0.3) is 0 Å². The molecular weight excluding hydrogens is 422 g/mol. The predicted molar refractivity (Wildman–Crippen MR) is 146 cm³/mol. The van der Waals surface area contributed by atoms with Crippen LogP contribution >= 0.6 is 0 Å². The zero-order chi connectivity index (χ0) is 25.7. The van der Waals surface area contributed by atoms with E-state index in [4.69, 9.17) is 4.43 Å². The van der Waals surface area contributed by atoms with E-state index in [0.29, 0.717) is 5.57 Å². The van der Waals surface area contributed by atoms with Gasteiger partial charge in [-0.1, -0.05) is 77.5 Å². The summed E-state index contributed by atoms with van der Waals surface area (Å²) in [5.74, 6) is -0.201. The third-order valence-electron chi connectivity index (χ3n) is 6.22. The standard InChI is InChI=1S/C29H47NO2Si/c1-11-27(29(8,9)10)20-23(5)18-16-15-17-19-24(6)28(31)26(22-30)21-25(7)32-33(12-2,13-3)14-4/h11,16,18-21,25H,12-15,17H2,1-10H3/b18-16+,23-20+,24-19+,26-21+,27-11+/t25-/m0/s1. The summed E-state index contributed by atoms with van der Waals surface area (Å²) >= 11 is 0. The molecule has 33 heavy (non-hydrogen) atoms. The van der Waals surface area contributed by atoms with Crippen LogP contribution in [0.15, 0.2) is 58.7 Å². The molecule has 0 heterocycles. The van der Waals surface area contributed by atoms with Crippen molar-refractivity contribution in [2.75, 3.05) is 0 Å². The van der Waals surface area contributed by atoms with E-state index in [1.807, 2.05) is 13.0 Å². The highest BCUT2D eigenvalue weighted by atomic mass is 28.4. The molecule has 0 saturated carbocycles. The van der Waals surface area contributed by atoms with Crippen LogP contribution in [0.2, 0.25) is 18.1 Å². The zero-order valence-electron chi connectivity index (χ0n) is 22.8. The molecule has 0 aromatic heterocycles. The SMILES string of the molecule is C\C=C(/C=C(C)/C=C/CC/C=C(\C)C(=O)/C(C#N)=C/[C@H](C)O[Si](CC)(CC)CC)C(C)(C)C. The summed E-state index contributed by atoms with van der Waals surface area (Å²) < 4.78 is 6.36. The number of Topliss-reactive ketones (excluding diaryl/α,β-unsaturated/α-hetero) is 1. The molecule has 0 bridgehead atoms. The summed E-state index contributed by atoms with van der Waals surface area (Å²) in [4.78, 5) is 12.8. The monoisotopic (exact) mass is 469 g/mol. The average Bonchev–Trinajstić information content (AvgIpc) is 2.77. The lowest BCUT2D eigenvalue weighted by Gasteiger charge is -2.30. The molecule has 0 aromatic carbocycles. The second-order valence-electron chi connectivity index (χ2n) is 9.84. The number of ketones is 1. The van der Waals surface area contributed by atoms with E-state index in [0.717, 1.165) is 31.0 Å². The Labute approximate surface area is 205 Å². The molecule has 4 heteroatoms. The normalized spacial score (nSPS) is 15.7. The lowest BCUT2D eigenvalue weighted by atomic mass is 9.85. The van der Waals surface area contributed by atoms with Gasteiger partial charge in [0.15, 0.2) is 14.1 Å². The van der Waals surface area contributed by atoms with E-state index in [2.05, 4.69) is 85.8 Å². The number of unbranched alkanes of at least 4 members (excludes halogenated alkanes) is 1. The van der Waals surface area contributed by atoms with Gasteiger partial charge in [0.05, 0.1) is 11.7 Å². The van der Waals surface area contributed by atoms with Crippen LogP contribution in [-0.4, -0.2) is 20.2 Å². The van der Waals surface area contributed by atoms with Crippen molar-refractivity contribution in [3.8, 4) is 6.07 Å². The van der Waals surface area contributed by atoms with Crippen molar-refractivity contribution in [1.82, 2.24) is 0 Å². The summed E-state index contributed by atoms with van der Waals surface area (Å²) in [5, 5.41) is 9.55. The van der Waals surface area contributed by atoms with Gasteiger partial charge in [-0.2, -0.15) is 5.26 Å². The first kappa shape index (κ1) is 31.0. The van der Waals surface area contributed by atoms with Crippen molar-refractivity contribution in [2.45, 2.75) is 106 Å². The molecule has 0 aliphatic rings. The number of allylic oxidation sites excluding steroid dienone is 9. The maximum Gasteiger partial charge on any atom is 0.198 e. The molecule has 1 atom stereocenters. The first-order valence-corrected chi connectivity index (χ1v) is 14.9. The molecule has 0 rings (SSSR count). The van der Waals surface area contributed by atoms with E-state index in [1.54, 1.807) is 13.0 Å². The molecule has 0 N–H and O–H groups in total. The van der Waals surface area contributed by atoms with Crippen molar-refractivity contribution >= 4 is 14.1 Å². The summed E-state index contributed by atoms with van der Waals surface area (Å²) in [6.45, 7) is 21.1. The highest BCUT2D eigenvalue weighted by Crippen LogP contribution is 2.27. The number of carbonyl (C=O) groups excluding carboxylic acids is 1. The molecule has 0 radical (unpaired) electrons. The lowest BCUT2D eigenvalue weighted by molar-refractivity contribution is -0.111. The molecule has 0 aliphatic heterocycles. The molecule has 0 aliphatic carbocycles. The Kier molecular flexibility index (Phi) is 14.1. The molecule has 184 valence electrons. The van der Waals surface area contributed by atoms with E-state index in [9.17, 15) is 10.1 Å². The van der Waals surface area contributed by atoms with Gasteiger partial charge < -0.3 is 4.43 Å². The van der Waals surface area contributed by atoms with Gasteiger partial charge in [-0.15, -0.1) is 0 Å². The molecule has 0 saturated heterocycles. The predicted octanol–water partition coefficient (Wildman–Crippen LogP) is 8.64. The minimum atomic E-state index is -1.78. The van der Waals surface area contributed by atoms with Crippen molar-refractivity contribution < 1.29 is 9.22 Å². The Bertz CT molecular complexity index is 816. The topological polar surface area (TPSA) is 50.1 Å². The number of nitrogens with zero attached hydrogens (tertiary/aromatic N) is 1. The van der Waals surface area contributed by atoms with Gasteiger partial charge in [-0.25, -0.2) is 0 Å². The van der Waals surface area contributed by atoms with Crippen molar-refractivity contribution in [1.29, 1.82) is 5.26 Å². The Hall–Kier alpha value is -1.96. The highest BCUT2D eigenvalue weighted by Gasteiger charge is 2.30. The van der Waals surface area contributed by atoms with Crippen LogP contribution in [0.4, 0.5) is 0 Å². The minimum Gasteiger partial charge on any atom is -0.411 e. The smallest absolute Gasteiger partial charge is 0.198 e. The fraction of sp³-hybridized carbons (Fsp3) is 0.586. The molecule has 0 spiro atoms. The Morgan fingerprint density at radius 3 is 2.12 bits per heavy atom. The maximum atomic E-state index is 12.8. The second kappa shape index (κ2) is 15.0. The summed E-state index contributed by atoms with van der Waals surface area (Å²) in [7, 11) is -1.78. The first-order chi connectivity index (χ1) is 15.4. The van der Waals surface area contributed by atoms with Gasteiger partial charge in [-0.3, -0.25) is 4.79 Å². The quantitative estimate of drug-likeness (QED) is 0.0891. The number of nitriles is 1. The summed E-state index contributed by atoms with van der Waals surface area (Å²) in [6, 6.07) is 5.21. The van der Waals surface area contributed by atoms with Crippen molar-refractivity contribution in [3.63, 3.8) is 0 Å². The van der Waals surface area contributed by atoms with E-state index < -0.39 is 8.32 Å². The largest absolute Gasteiger partial charge is 0.411 e.